The summed E-state index contributed by atoms with van der Waals surface area (Å²) in [6.45, 7) is 0. The minimum absolute atomic E-state index is 0.0404. The number of aromatic nitrogens is 1. The highest BCUT2D eigenvalue weighted by Gasteiger charge is 2.46. The minimum Gasteiger partial charge on any atom is -0.508 e. The molecule has 0 fully saturated rings. The van der Waals surface area contributed by atoms with Crippen LogP contribution in [0.2, 0.25) is 0 Å². The average Bonchev–Trinajstić information content (AvgIpc) is 3.48. The molecule has 1 aliphatic rings. The molecule has 1 atom stereocenters. The number of phenols is 1. The van der Waals surface area contributed by atoms with Crippen molar-refractivity contribution in [3.63, 3.8) is 0 Å². The number of carbonyl (C=O) groups is 2. The summed E-state index contributed by atoms with van der Waals surface area (Å²) in [6.07, 6.45) is 1.28. The summed E-state index contributed by atoms with van der Waals surface area (Å²) in [5, 5.41) is 20.2. The predicted molar refractivity (Wildman–Crippen MR) is 111 cm³/mol. The summed E-state index contributed by atoms with van der Waals surface area (Å²) in [4.78, 5) is 31.3. The number of fused-ring (bicyclic) bond motifs is 1. The number of aliphatic hydroxyl groups excluding tert-OH is 1. The molecule has 0 aliphatic carbocycles. The lowest BCUT2D eigenvalue weighted by Gasteiger charge is -2.24. The second-order valence-electron chi connectivity index (χ2n) is 6.97. The van der Waals surface area contributed by atoms with Gasteiger partial charge in [-0.25, -0.2) is 13.8 Å². The first-order valence-corrected chi connectivity index (χ1v) is 10.1. The van der Waals surface area contributed by atoms with Crippen LogP contribution in [-0.4, -0.2) is 26.9 Å². The number of Topliss-reactive ketones (excluding diaryl/α,β-unsaturated/α-hetero) is 1. The number of benzene rings is 2. The maximum absolute atomic E-state index is 14.2. The van der Waals surface area contributed by atoms with Gasteiger partial charge in [0.05, 0.1) is 22.6 Å². The van der Waals surface area contributed by atoms with Crippen molar-refractivity contribution in [1.29, 1.82) is 0 Å². The maximum Gasteiger partial charge on any atom is 0.296 e. The van der Waals surface area contributed by atoms with Crippen molar-refractivity contribution in [3.05, 3.63) is 89.1 Å². The fraction of sp³-hybridized carbons (Fsp3) is 0.0455. The molecule has 1 amide bonds. The van der Waals surface area contributed by atoms with Gasteiger partial charge in [0, 0.05) is 6.07 Å². The van der Waals surface area contributed by atoms with Crippen molar-refractivity contribution in [3.8, 4) is 5.75 Å². The highest BCUT2D eigenvalue weighted by Crippen LogP contribution is 2.44. The molecule has 160 valence electrons. The number of amides is 1. The number of furan rings is 1. The van der Waals surface area contributed by atoms with Gasteiger partial charge in [0.1, 0.15) is 17.1 Å². The quantitative estimate of drug-likeness (QED) is 0.435. The summed E-state index contributed by atoms with van der Waals surface area (Å²) in [5.41, 5.74) is -0.0310. The van der Waals surface area contributed by atoms with Gasteiger partial charge in [-0.2, -0.15) is 0 Å². The van der Waals surface area contributed by atoms with Crippen LogP contribution in [-0.2, 0) is 4.79 Å². The zero-order valence-electron chi connectivity index (χ0n) is 16.0. The van der Waals surface area contributed by atoms with Crippen LogP contribution in [0.1, 0.15) is 22.2 Å². The number of aliphatic hydroxyl groups is 1. The lowest BCUT2D eigenvalue weighted by Crippen LogP contribution is -2.30. The van der Waals surface area contributed by atoms with Crippen LogP contribution in [0, 0.1) is 11.6 Å². The van der Waals surface area contributed by atoms with E-state index in [1.165, 1.54) is 42.7 Å². The third-order valence-electron chi connectivity index (χ3n) is 5.01. The normalized spacial score (nSPS) is 16.4. The third-order valence-corrected chi connectivity index (χ3v) is 6.02. The zero-order valence-corrected chi connectivity index (χ0v) is 16.8. The van der Waals surface area contributed by atoms with Gasteiger partial charge in [-0.05, 0) is 35.9 Å². The number of phenolic OH excluding ortho intramolecular Hbond substituents is 1. The standard InChI is InChI=1S/C22H12F2N2O5S/c23-11-8-13(24)17-15(9-11)32-22(25-17)26-18(10-3-5-12(27)6-4-10)16(20(29)21(26)30)19(28)14-2-1-7-31-14/h1-9,18,27,29H. The van der Waals surface area contributed by atoms with E-state index in [4.69, 9.17) is 4.42 Å². The van der Waals surface area contributed by atoms with Crippen LogP contribution in [0.25, 0.3) is 10.2 Å². The SMILES string of the molecule is O=C(C1=C(O)C(=O)N(c2nc3c(F)cc(F)cc3s2)C1c1ccc(O)cc1)c1ccco1. The Bertz CT molecular complexity index is 1410. The number of aromatic hydroxyl groups is 1. The zero-order chi connectivity index (χ0) is 22.6. The Hall–Kier alpha value is -4.05. The number of anilines is 1. The van der Waals surface area contributed by atoms with Crippen LogP contribution in [0.15, 0.2) is 70.5 Å². The van der Waals surface area contributed by atoms with E-state index >= 15 is 0 Å². The summed E-state index contributed by atoms with van der Waals surface area (Å²) < 4.78 is 33.2. The molecular formula is C22H12F2N2O5S. The monoisotopic (exact) mass is 454 g/mol. The first-order chi connectivity index (χ1) is 15.3. The van der Waals surface area contributed by atoms with Gasteiger partial charge < -0.3 is 14.6 Å². The van der Waals surface area contributed by atoms with Gasteiger partial charge in [0.25, 0.3) is 5.91 Å². The number of halogens is 2. The first-order valence-electron chi connectivity index (χ1n) is 9.24. The molecule has 0 radical (unpaired) electrons. The average molecular weight is 454 g/mol. The molecule has 4 aromatic rings. The van der Waals surface area contributed by atoms with E-state index < -0.39 is 35.1 Å². The summed E-state index contributed by atoms with van der Waals surface area (Å²) in [7, 11) is 0. The molecule has 0 bridgehead atoms. The topological polar surface area (TPSA) is 104 Å². The Balaban J connectivity index is 1.70. The van der Waals surface area contributed by atoms with Crippen LogP contribution < -0.4 is 4.90 Å². The molecule has 0 saturated carbocycles. The molecule has 2 aromatic heterocycles. The van der Waals surface area contributed by atoms with Gasteiger partial charge in [-0.3, -0.25) is 14.5 Å². The first kappa shape index (κ1) is 19.9. The van der Waals surface area contributed by atoms with E-state index in [-0.39, 0.29) is 32.4 Å². The maximum atomic E-state index is 14.2. The number of rotatable bonds is 4. The van der Waals surface area contributed by atoms with Crippen LogP contribution in [0.3, 0.4) is 0 Å². The third kappa shape index (κ3) is 3.04. The summed E-state index contributed by atoms with van der Waals surface area (Å²) >= 11 is 0.834. The molecule has 5 rings (SSSR count). The second kappa shape index (κ2) is 7.27. The Morgan fingerprint density at radius 1 is 1.12 bits per heavy atom. The number of carbonyl (C=O) groups excluding carboxylic acids is 2. The van der Waals surface area contributed by atoms with Gasteiger partial charge >= 0.3 is 0 Å². The van der Waals surface area contributed by atoms with Gasteiger partial charge in [-0.15, -0.1) is 0 Å². The smallest absolute Gasteiger partial charge is 0.296 e. The van der Waals surface area contributed by atoms with E-state index in [9.17, 15) is 28.6 Å². The van der Waals surface area contributed by atoms with Crippen molar-refractivity contribution < 1.29 is 33.0 Å². The van der Waals surface area contributed by atoms with Crippen molar-refractivity contribution in [2.75, 3.05) is 4.90 Å². The number of nitrogens with zero attached hydrogens (tertiary/aromatic N) is 2. The van der Waals surface area contributed by atoms with Crippen LogP contribution in [0.4, 0.5) is 13.9 Å². The van der Waals surface area contributed by atoms with E-state index in [2.05, 4.69) is 4.98 Å². The minimum atomic E-state index is -1.14. The molecule has 7 nitrogen and oxygen atoms in total. The molecule has 3 heterocycles. The van der Waals surface area contributed by atoms with Gasteiger partial charge in [0.15, 0.2) is 22.5 Å². The predicted octanol–water partition coefficient (Wildman–Crippen LogP) is 4.66. The van der Waals surface area contributed by atoms with Gasteiger partial charge in [-0.1, -0.05) is 23.5 Å². The highest BCUT2D eigenvalue weighted by molar-refractivity contribution is 7.22. The molecule has 1 unspecified atom stereocenters. The molecule has 2 N–H and O–H groups in total. The van der Waals surface area contributed by atoms with Crippen molar-refractivity contribution in [1.82, 2.24) is 4.98 Å². The van der Waals surface area contributed by atoms with Crippen molar-refractivity contribution >= 4 is 38.4 Å². The number of thiazole rings is 1. The Morgan fingerprint density at radius 3 is 2.56 bits per heavy atom. The molecule has 1 aliphatic heterocycles. The van der Waals surface area contributed by atoms with Crippen molar-refractivity contribution in [2.45, 2.75) is 6.04 Å². The van der Waals surface area contributed by atoms with Gasteiger partial charge in [0.2, 0.25) is 5.78 Å². The molecule has 2 aromatic carbocycles. The van der Waals surface area contributed by atoms with Crippen molar-refractivity contribution in [2.24, 2.45) is 0 Å². The van der Waals surface area contributed by atoms with Crippen LogP contribution >= 0.6 is 11.3 Å². The van der Waals surface area contributed by atoms with E-state index in [0.717, 1.165) is 22.3 Å². The number of hydrogen-bond acceptors (Lipinski definition) is 7. The molecular weight excluding hydrogens is 442 g/mol. The van der Waals surface area contributed by atoms with Crippen LogP contribution in [0.5, 0.6) is 5.75 Å². The fourth-order valence-corrected chi connectivity index (χ4v) is 4.63. The second-order valence-corrected chi connectivity index (χ2v) is 7.98. The molecule has 0 saturated heterocycles. The van der Waals surface area contributed by atoms with E-state index in [1.54, 1.807) is 0 Å². The highest BCUT2D eigenvalue weighted by atomic mass is 32.1. The largest absolute Gasteiger partial charge is 0.508 e. The van der Waals surface area contributed by atoms with E-state index in [1.807, 2.05) is 0 Å². The fourth-order valence-electron chi connectivity index (χ4n) is 3.60. The lowest BCUT2D eigenvalue weighted by molar-refractivity contribution is -0.117. The Labute approximate surface area is 182 Å². The summed E-state index contributed by atoms with van der Waals surface area (Å²) in [5.74, 6) is -4.31. The molecule has 32 heavy (non-hydrogen) atoms. The number of hydrogen-bond donors (Lipinski definition) is 2. The molecule has 0 spiro atoms. The summed E-state index contributed by atoms with van der Waals surface area (Å²) in [6, 6.07) is 9.15. The van der Waals surface area contributed by atoms with E-state index in [0.29, 0.717) is 11.6 Å². The Morgan fingerprint density at radius 2 is 1.88 bits per heavy atom. The lowest BCUT2D eigenvalue weighted by atomic mass is 9.95. The molecule has 10 heteroatoms. The number of ketones is 1. The Kier molecular flexibility index (Phi) is 4.52.